The van der Waals surface area contributed by atoms with Crippen molar-refractivity contribution in [2.24, 2.45) is 0 Å². The SMILES string of the molecule is CCc1c(C(=O)NC[C@H]2CCCO2)cnn1-c1ccccc1Cl. The Kier molecular flexibility index (Phi) is 4.98. The van der Waals surface area contributed by atoms with Crippen LogP contribution in [0.2, 0.25) is 5.02 Å². The van der Waals surface area contributed by atoms with Crippen LogP contribution in [0, 0.1) is 0 Å². The molecule has 1 aromatic carbocycles. The van der Waals surface area contributed by atoms with Gasteiger partial charge in [-0.2, -0.15) is 5.10 Å². The minimum atomic E-state index is -0.115. The lowest BCUT2D eigenvalue weighted by Crippen LogP contribution is -2.32. The first kappa shape index (κ1) is 16.0. The Bertz CT molecular complexity index is 693. The predicted octanol–water partition coefficient (Wildman–Crippen LogP) is 3.00. The molecule has 1 atom stereocenters. The Hall–Kier alpha value is -1.85. The van der Waals surface area contributed by atoms with Gasteiger partial charge in [-0.25, -0.2) is 4.68 Å². The molecule has 1 N–H and O–H groups in total. The fourth-order valence-electron chi connectivity index (χ4n) is 2.84. The van der Waals surface area contributed by atoms with Crippen LogP contribution in [0.4, 0.5) is 0 Å². The van der Waals surface area contributed by atoms with E-state index in [1.165, 1.54) is 0 Å². The Morgan fingerprint density at radius 1 is 1.48 bits per heavy atom. The molecule has 0 spiro atoms. The second-order valence-corrected chi connectivity index (χ2v) is 5.97. The summed E-state index contributed by atoms with van der Waals surface area (Å²) in [5.41, 5.74) is 2.22. The second-order valence-electron chi connectivity index (χ2n) is 5.57. The number of ether oxygens (including phenoxy) is 1. The number of carbonyl (C=O) groups excluding carboxylic acids is 1. The number of carbonyl (C=O) groups is 1. The number of amides is 1. The molecule has 6 heteroatoms. The molecule has 2 heterocycles. The number of aromatic nitrogens is 2. The predicted molar refractivity (Wildman–Crippen MR) is 89.3 cm³/mol. The molecule has 2 aromatic rings. The lowest BCUT2D eigenvalue weighted by atomic mass is 10.1. The van der Waals surface area contributed by atoms with E-state index in [9.17, 15) is 4.79 Å². The van der Waals surface area contributed by atoms with Crippen LogP contribution in [-0.4, -0.2) is 34.9 Å². The van der Waals surface area contributed by atoms with Gasteiger partial charge >= 0.3 is 0 Å². The molecule has 0 aliphatic carbocycles. The van der Waals surface area contributed by atoms with E-state index in [0.29, 0.717) is 23.6 Å². The second kappa shape index (κ2) is 7.15. The largest absolute Gasteiger partial charge is 0.376 e. The molecule has 5 nitrogen and oxygen atoms in total. The maximum Gasteiger partial charge on any atom is 0.254 e. The summed E-state index contributed by atoms with van der Waals surface area (Å²) in [6.45, 7) is 3.33. The zero-order valence-corrected chi connectivity index (χ0v) is 13.8. The quantitative estimate of drug-likeness (QED) is 0.915. The molecule has 1 aliphatic heterocycles. The van der Waals surface area contributed by atoms with E-state index in [1.54, 1.807) is 10.9 Å². The number of hydrogen-bond donors (Lipinski definition) is 1. The molecule has 0 unspecified atom stereocenters. The molecule has 1 amide bonds. The van der Waals surface area contributed by atoms with E-state index in [0.717, 1.165) is 30.8 Å². The van der Waals surface area contributed by atoms with Crippen LogP contribution in [0.25, 0.3) is 5.69 Å². The van der Waals surface area contributed by atoms with E-state index in [2.05, 4.69) is 10.4 Å². The van der Waals surface area contributed by atoms with Gasteiger partial charge in [0.15, 0.2) is 0 Å². The average Bonchev–Trinajstić information content (AvgIpc) is 3.22. The van der Waals surface area contributed by atoms with Crippen molar-refractivity contribution in [2.45, 2.75) is 32.3 Å². The molecular weight excluding hydrogens is 314 g/mol. The summed E-state index contributed by atoms with van der Waals surface area (Å²) in [6.07, 6.45) is 4.48. The van der Waals surface area contributed by atoms with Crippen molar-refractivity contribution < 1.29 is 9.53 Å². The van der Waals surface area contributed by atoms with Crippen LogP contribution in [-0.2, 0) is 11.2 Å². The van der Waals surface area contributed by atoms with Crippen molar-refractivity contribution in [1.29, 1.82) is 0 Å². The van der Waals surface area contributed by atoms with Gasteiger partial charge < -0.3 is 10.1 Å². The summed E-state index contributed by atoms with van der Waals surface area (Å²) >= 11 is 6.25. The molecular formula is C17H20ClN3O2. The third-order valence-corrected chi connectivity index (χ3v) is 4.36. The Morgan fingerprint density at radius 3 is 3.00 bits per heavy atom. The van der Waals surface area contributed by atoms with Crippen LogP contribution in [0.1, 0.15) is 35.8 Å². The number of halogens is 1. The standard InChI is InChI=1S/C17H20ClN3O2/c1-2-15-13(17(22)19-10-12-6-5-9-23-12)11-20-21(15)16-8-4-3-7-14(16)18/h3-4,7-8,11-12H,2,5-6,9-10H2,1H3,(H,19,22)/t12-/m1/s1. The number of nitrogens with one attached hydrogen (secondary N) is 1. The normalized spacial score (nSPS) is 17.4. The van der Waals surface area contributed by atoms with Gasteiger partial charge in [0.05, 0.1) is 34.3 Å². The van der Waals surface area contributed by atoms with Crippen LogP contribution in [0.15, 0.2) is 30.5 Å². The van der Waals surface area contributed by atoms with Crippen LogP contribution in [0.3, 0.4) is 0 Å². The lowest BCUT2D eigenvalue weighted by Gasteiger charge is -2.12. The maximum absolute atomic E-state index is 12.5. The number of benzene rings is 1. The summed E-state index contributed by atoms with van der Waals surface area (Å²) in [4.78, 5) is 12.5. The fourth-order valence-corrected chi connectivity index (χ4v) is 3.06. The van der Waals surface area contributed by atoms with Gasteiger partial charge in [-0.1, -0.05) is 30.7 Å². The molecule has 1 aromatic heterocycles. The van der Waals surface area contributed by atoms with Gasteiger partial charge in [0, 0.05) is 13.2 Å². The highest BCUT2D eigenvalue weighted by Gasteiger charge is 2.20. The minimum absolute atomic E-state index is 0.115. The number of nitrogens with zero attached hydrogens (tertiary/aromatic N) is 2. The zero-order valence-electron chi connectivity index (χ0n) is 13.1. The smallest absolute Gasteiger partial charge is 0.254 e. The van der Waals surface area contributed by atoms with Gasteiger partial charge in [0.1, 0.15) is 0 Å². The summed E-state index contributed by atoms with van der Waals surface area (Å²) in [7, 11) is 0. The molecule has 0 radical (unpaired) electrons. The van der Waals surface area contributed by atoms with E-state index in [4.69, 9.17) is 16.3 Å². The van der Waals surface area contributed by atoms with Crippen molar-refractivity contribution in [3.05, 3.63) is 46.7 Å². The van der Waals surface area contributed by atoms with Crippen molar-refractivity contribution in [1.82, 2.24) is 15.1 Å². The molecule has 1 fully saturated rings. The summed E-state index contributed by atoms with van der Waals surface area (Å²) in [5.74, 6) is -0.115. The average molecular weight is 334 g/mol. The van der Waals surface area contributed by atoms with E-state index < -0.39 is 0 Å². The molecule has 0 saturated carbocycles. The van der Waals surface area contributed by atoms with Gasteiger partial charge in [-0.3, -0.25) is 4.79 Å². The Labute approximate surface area is 140 Å². The molecule has 122 valence electrons. The van der Waals surface area contributed by atoms with Crippen molar-refractivity contribution >= 4 is 17.5 Å². The Balaban J connectivity index is 1.80. The first-order valence-electron chi connectivity index (χ1n) is 7.92. The van der Waals surface area contributed by atoms with E-state index >= 15 is 0 Å². The molecule has 3 rings (SSSR count). The highest BCUT2D eigenvalue weighted by atomic mass is 35.5. The minimum Gasteiger partial charge on any atom is -0.376 e. The molecule has 1 aliphatic rings. The third-order valence-electron chi connectivity index (χ3n) is 4.04. The summed E-state index contributed by atoms with van der Waals surface area (Å²) in [6, 6.07) is 7.48. The molecule has 23 heavy (non-hydrogen) atoms. The third kappa shape index (κ3) is 3.41. The van der Waals surface area contributed by atoms with Gasteiger partial charge in [-0.05, 0) is 31.4 Å². The van der Waals surface area contributed by atoms with Gasteiger partial charge in [0.25, 0.3) is 5.91 Å². The molecule has 1 saturated heterocycles. The van der Waals surface area contributed by atoms with Crippen LogP contribution >= 0.6 is 11.6 Å². The highest BCUT2D eigenvalue weighted by Crippen LogP contribution is 2.23. The lowest BCUT2D eigenvalue weighted by molar-refractivity contribution is 0.0857. The van der Waals surface area contributed by atoms with E-state index in [-0.39, 0.29) is 12.0 Å². The van der Waals surface area contributed by atoms with E-state index in [1.807, 2.05) is 31.2 Å². The van der Waals surface area contributed by atoms with Crippen LogP contribution < -0.4 is 5.32 Å². The number of para-hydroxylation sites is 1. The molecule has 0 bridgehead atoms. The van der Waals surface area contributed by atoms with Gasteiger partial charge in [0.2, 0.25) is 0 Å². The first-order valence-corrected chi connectivity index (χ1v) is 8.30. The topological polar surface area (TPSA) is 56.1 Å². The monoisotopic (exact) mass is 333 g/mol. The Morgan fingerprint density at radius 2 is 2.30 bits per heavy atom. The number of hydrogen-bond acceptors (Lipinski definition) is 3. The van der Waals surface area contributed by atoms with Crippen molar-refractivity contribution in [2.75, 3.05) is 13.2 Å². The highest BCUT2D eigenvalue weighted by molar-refractivity contribution is 6.32. The van der Waals surface area contributed by atoms with Crippen LogP contribution in [0.5, 0.6) is 0 Å². The maximum atomic E-state index is 12.5. The fraction of sp³-hybridized carbons (Fsp3) is 0.412. The summed E-state index contributed by atoms with van der Waals surface area (Å²) in [5, 5.41) is 7.91. The van der Waals surface area contributed by atoms with Crippen molar-refractivity contribution in [3.8, 4) is 5.69 Å². The van der Waals surface area contributed by atoms with Gasteiger partial charge in [-0.15, -0.1) is 0 Å². The summed E-state index contributed by atoms with van der Waals surface area (Å²) < 4.78 is 7.27. The van der Waals surface area contributed by atoms with Crippen molar-refractivity contribution in [3.63, 3.8) is 0 Å². The first-order chi connectivity index (χ1) is 11.2. The zero-order chi connectivity index (χ0) is 16.2. The number of rotatable bonds is 5.